The van der Waals surface area contributed by atoms with E-state index in [1.807, 2.05) is 0 Å². The fourth-order valence-corrected chi connectivity index (χ4v) is 1.98. The minimum Gasteiger partial charge on any atom is -0.497 e. The lowest BCUT2D eigenvalue weighted by molar-refractivity contribution is -0.137. The van der Waals surface area contributed by atoms with Crippen LogP contribution in [-0.2, 0) is 6.18 Å². The summed E-state index contributed by atoms with van der Waals surface area (Å²) in [5.74, 6) is -0.313. The van der Waals surface area contributed by atoms with Crippen LogP contribution in [0, 0.1) is 5.82 Å². The van der Waals surface area contributed by atoms with E-state index in [0.717, 1.165) is 18.2 Å². The molecule has 2 N–H and O–H groups in total. The van der Waals surface area contributed by atoms with E-state index in [4.69, 9.17) is 10.5 Å². The minimum atomic E-state index is -4.46. The number of hydrogen-bond acceptors (Lipinski definition) is 2. The summed E-state index contributed by atoms with van der Waals surface area (Å²) in [6.07, 6.45) is -4.46. The molecule has 0 aromatic heterocycles. The third-order valence-corrected chi connectivity index (χ3v) is 3.12. The predicted octanol–water partition coefficient (Wildman–Crippen LogP) is 3.90. The molecule has 1 atom stereocenters. The first-order valence-corrected chi connectivity index (χ1v) is 6.09. The Hall–Kier alpha value is -2.08. The van der Waals surface area contributed by atoms with Crippen LogP contribution in [0.1, 0.15) is 22.7 Å². The number of halogens is 4. The van der Waals surface area contributed by atoms with E-state index in [2.05, 4.69) is 0 Å². The Morgan fingerprint density at radius 3 is 2.38 bits per heavy atom. The van der Waals surface area contributed by atoms with Crippen molar-refractivity contribution in [1.82, 2.24) is 0 Å². The van der Waals surface area contributed by atoms with Crippen LogP contribution in [0.5, 0.6) is 5.75 Å². The van der Waals surface area contributed by atoms with Gasteiger partial charge in [0.15, 0.2) is 0 Å². The summed E-state index contributed by atoms with van der Waals surface area (Å²) in [4.78, 5) is 0. The lowest BCUT2D eigenvalue weighted by atomic mass is 9.97. The van der Waals surface area contributed by atoms with Crippen LogP contribution >= 0.6 is 0 Å². The lowest BCUT2D eigenvalue weighted by Gasteiger charge is -2.16. The molecule has 0 saturated carbocycles. The summed E-state index contributed by atoms with van der Waals surface area (Å²) >= 11 is 0. The van der Waals surface area contributed by atoms with E-state index in [-0.39, 0.29) is 11.1 Å². The van der Waals surface area contributed by atoms with Gasteiger partial charge in [-0.25, -0.2) is 4.39 Å². The van der Waals surface area contributed by atoms with Gasteiger partial charge in [0.1, 0.15) is 11.6 Å². The second-order valence-electron chi connectivity index (χ2n) is 4.49. The standard InChI is InChI=1S/C15H13F4NO/c1-21-11-5-6-12(13(16)8-11)14(20)9-3-2-4-10(7-9)15(17,18)19/h2-8,14H,20H2,1H3. The maximum Gasteiger partial charge on any atom is 0.416 e. The van der Waals surface area contributed by atoms with Crippen LogP contribution in [0.3, 0.4) is 0 Å². The van der Waals surface area contributed by atoms with Gasteiger partial charge in [0, 0.05) is 11.6 Å². The molecule has 2 aromatic rings. The first-order chi connectivity index (χ1) is 9.82. The van der Waals surface area contributed by atoms with Crippen molar-refractivity contribution < 1.29 is 22.3 Å². The van der Waals surface area contributed by atoms with Crippen molar-refractivity contribution >= 4 is 0 Å². The molecule has 2 aromatic carbocycles. The van der Waals surface area contributed by atoms with Gasteiger partial charge in [0.05, 0.1) is 18.7 Å². The molecule has 0 aliphatic rings. The average Bonchev–Trinajstić information content (AvgIpc) is 2.45. The number of rotatable bonds is 3. The summed E-state index contributed by atoms with van der Waals surface area (Å²) in [6.45, 7) is 0. The highest BCUT2D eigenvalue weighted by atomic mass is 19.4. The van der Waals surface area contributed by atoms with Crippen LogP contribution in [0.25, 0.3) is 0 Å². The molecule has 21 heavy (non-hydrogen) atoms. The normalized spacial score (nSPS) is 13.0. The smallest absolute Gasteiger partial charge is 0.416 e. The molecule has 0 aliphatic carbocycles. The van der Waals surface area contributed by atoms with Crippen molar-refractivity contribution in [3.63, 3.8) is 0 Å². The Morgan fingerprint density at radius 2 is 1.81 bits per heavy atom. The Balaban J connectivity index is 2.38. The van der Waals surface area contributed by atoms with Gasteiger partial charge in [0.25, 0.3) is 0 Å². The van der Waals surface area contributed by atoms with Crippen molar-refractivity contribution in [1.29, 1.82) is 0 Å². The van der Waals surface area contributed by atoms with Crippen LogP contribution in [-0.4, -0.2) is 7.11 Å². The predicted molar refractivity (Wildman–Crippen MR) is 70.4 cm³/mol. The van der Waals surface area contributed by atoms with Crippen LogP contribution in [0.4, 0.5) is 17.6 Å². The molecule has 0 aliphatic heterocycles. The molecule has 1 unspecified atom stereocenters. The Kier molecular flexibility index (Phi) is 4.18. The third kappa shape index (κ3) is 3.33. The molecule has 6 heteroatoms. The van der Waals surface area contributed by atoms with E-state index in [1.165, 1.54) is 31.4 Å². The highest BCUT2D eigenvalue weighted by molar-refractivity contribution is 5.38. The van der Waals surface area contributed by atoms with Crippen molar-refractivity contribution in [2.45, 2.75) is 12.2 Å². The Labute approximate surface area is 119 Å². The molecule has 0 heterocycles. The number of ether oxygens (including phenoxy) is 1. The zero-order valence-electron chi connectivity index (χ0n) is 11.1. The number of nitrogens with two attached hydrogens (primary N) is 1. The summed E-state index contributed by atoms with van der Waals surface area (Å²) in [7, 11) is 1.39. The third-order valence-electron chi connectivity index (χ3n) is 3.12. The fourth-order valence-electron chi connectivity index (χ4n) is 1.98. The maximum absolute atomic E-state index is 13.9. The molecule has 112 valence electrons. The number of hydrogen-bond donors (Lipinski definition) is 1. The van der Waals surface area contributed by atoms with Crippen LogP contribution in [0.2, 0.25) is 0 Å². The molecular formula is C15H13F4NO. The van der Waals surface area contributed by atoms with Gasteiger partial charge in [-0.1, -0.05) is 18.2 Å². The Morgan fingerprint density at radius 1 is 1.10 bits per heavy atom. The van der Waals surface area contributed by atoms with Crippen molar-refractivity contribution in [3.05, 3.63) is 65.0 Å². The highest BCUT2D eigenvalue weighted by Crippen LogP contribution is 2.32. The van der Waals surface area contributed by atoms with E-state index >= 15 is 0 Å². The first-order valence-electron chi connectivity index (χ1n) is 6.09. The van der Waals surface area contributed by atoms with Crippen molar-refractivity contribution in [2.24, 2.45) is 5.73 Å². The average molecular weight is 299 g/mol. The van der Waals surface area contributed by atoms with Gasteiger partial charge in [-0.15, -0.1) is 0 Å². The van der Waals surface area contributed by atoms with E-state index in [9.17, 15) is 17.6 Å². The van der Waals surface area contributed by atoms with Crippen LogP contribution in [0.15, 0.2) is 42.5 Å². The summed E-state index contributed by atoms with van der Waals surface area (Å²) < 4.78 is 56.8. The fraction of sp³-hybridized carbons (Fsp3) is 0.200. The maximum atomic E-state index is 13.9. The van der Waals surface area contributed by atoms with Gasteiger partial charge < -0.3 is 10.5 Å². The second kappa shape index (κ2) is 5.73. The second-order valence-corrected chi connectivity index (χ2v) is 4.49. The largest absolute Gasteiger partial charge is 0.497 e. The summed E-state index contributed by atoms with van der Waals surface area (Å²) in [5, 5.41) is 0. The van der Waals surface area contributed by atoms with E-state index in [0.29, 0.717) is 5.75 Å². The van der Waals surface area contributed by atoms with Gasteiger partial charge in [-0.2, -0.15) is 13.2 Å². The molecule has 0 saturated heterocycles. The van der Waals surface area contributed by atoms with Crippen molar-refractivity contribution in [2.75, 3.05) is 7.11 Å². The molecule has 2 nitrogen and oxygen atoms in total. The van der Waals surface area contributed by atoms with Gasteiger partial charge >= 0.3 is 6.18 Å². The summed E-state index contributed by atoms with van der Waals surface area (Å²) in [6, 6.07) is 7.62. The van der Waals surface area contributed by atoms with Gasteiger partial charge in [-0.05, 0) is 23.8 Å². The van der Waals surface area contributed by atoms with Crippen LogP contribution < -0.4 is 10.5 Å². The zero-order valence-corrected chi connectivity index (χ0v) is 11.1. The monoisotopic (exact) mass is 299 g/mol. The van der Waals surface area contributed by atoms with Gasteiger partial charge in [-0.3, -0.25) is 0 Å². The molecular weight excluding hydrogens is 286 g/mol. The quantitative estimate of drug-likeness (QED) is 0.872. The molecule has 2 rings (SSSR count). The van der Waals surface area contributed by atoms with Gasteiger partial charge in [0.2, 0.25) is 0 Å². The van der Waals surface area contributed by atoms with E-state index < -0.39 is 23.6 Å². The molecule has 0 fully saturated rings. The molecule has 0 radical (unpaired) electrons. The molecule has 0 spiro atoms. The number of alkyl halides is 3. The summed E-state index contributed by atoms with van der Waals surface area (Å²) in [5.41, 5.74) is 5.35. The number of methoxy groups -OCH3 is 1. The molecule has 0 amide bonds. The molecule has 0 bridgehead atoms. The lowest BCUT2D eigenvalue weighted by Crippen LogP contribution is -2.15. The highest BCUT2D eigenvalue weighted by Gasteiger charge is 2.31. The topological polar surface area (TPSA) is 35.2 Å². The first kappa shape index (κ1) is 15.3. The van der Waals surface area contributed by atoms with E-state index in [1.54, 1.807) is 0 Å². The number of benzene rings is 2. The zero-order chi connectivity index (χ0) is 15.6. The minimum absolute atomic E-state index is 0.107. The Bertz CT molecular complexity index is 640. The SMILES string of the molecule is COc1ccc(C(N)c2cccc(C(F)(F)F)c2)c(F)c1. The van der Waals surface area contributed by atoms with Crippen molar-refractivity contribution in [3.8, 4) is 5.75 Å².